The van der Waals surface area contributed by atoms with E-state index in [1.807, 2.05) is 0 Å². The lowest BCUT2D eigenvalue weighted by molar-refractivity contribution is 0.222. The molecule has 6 rings (SSSR count). The first-order valence-electron chi connectivity index (χ1n) is 13.2. The van der Waals surface area contributed by atoms with Crippen LogP contribution in [0.2, 0.25) is 0 Å². The molecule has 0 N–H and O–H groups in total. The lowest BCUT2D eigenvalue weighted by Crippen LogP contribution is -2.30. The van der Waals surface area contributed by atoms with Crippen LogP contribution in [0, 0.1) is 5.92 Å². The molecule has 0 bridgehead atoms. The van der Waals surface area contributed by atoms with Crippen LogP contribution in [0.4, 0.5) is 0 Å². The van der Waals surface area contributed by atoms with E-state index < -0.39 is 0 Å². The summed E-state index contributed by atoms with van der Waals surface area (Å²) in [5.41, 5.74) is 3.25. The van der Waals surface area contributed by atoms with Gasteiger partial charge in [0.05, 0.1) is 0 Å². The minimum absolute atomic E-state index is 0.895. The van der Waals surface area contributed by atoms with E-state index in [0.29, 0.717) is 0 Å². The fourth-order valence-electron chi connectivity index (χ4n) is 5.89. The van der Waals surface area contributed by atoms with Crippen LogP contribution >= 0.6 is 0 Å². The van der Waals surface area contributed by atoms with Gasteiger partial charge in [0.15, 0.2) is 0 Å². The summed E-state index contributed by atoms with van der Waals surface area (Å²) in [7, 11) is 0. The molecular weight excluding hydrogens is 414 g/mol. The van der Waals surface area contributed by atoms with Crippen LogP contribution in [0.25, 0.3) is 21.5 Å². The molecule has 3 nitrogen and oxygen atoms in total. The second kappa shape index (κ2) is 11.6. The smallest absolute Gasteiger partial charge is 0.0451 e. The van der Waals surface area contributed by atoms with Gasteiger partial charge < -0.3 is 4.90 Å². The van der Waals surface area contributed by atoms with Gasteiger partial charge in [0.25, 0.3) is 0 Å². The van der Waals surface area contributed by atoms with E-state index in [2.05, 4.69) is 63.4 Å². The SMILES string of the molecule is c1ccc2c(c1)ccc1c3c(ccc12)CC(CCCCN1CCCCC1)CC3.c1cnccn1. The number of rotatable bonds is 5. The Morgan fingerprint density at radius 2 is 1.50 bits per heavy atom. The number of aryl methyl sites for hydroxylation is 1. The zero-order chi connectivity index (χ0) is 23.0. The van der Waals surface area contributed by atoms with Crippen molar-refractivity contribution in [2.24, 2.45) is 5.92 Å². The van der Waals surface area contributed by atoms with E-state index in [9.17, 15) is 0 Å². The maximum absolute atomic E-state index is 3.72. The number of fused-ring (bicyclic) bond motifs is 5. The summed E-state index contributed by atoms with van der Waals surface area (Å²) in [5, 5.41) is 5.71. The van der Waals surface area contributed by atoms with E-state index in [1.165, 1.54) is 99.0 Å². The van der Waals surface area contributed by atoms with Crippen molar-refractivity contribution in [2.45, 2.75) is 57.8 Å². The first-order valence-corrected chi connectivity index (χ1v) is 13.2. The van der Waals surface area contributed by atoms with Crippen LogP contribution in [0.5, 0.6) is 0 Å². The topological polar surface area (TPSA) is 29.0 Å². The van der Waals surface area contributed by atoms with Gasteiger partial charge in [-0.1, -0.05) is 67.8 Å². The lowest BCUT2D eigenvalue weighted by atomic mass is 9.79. The maximum Gasteiger partial charge on any atom is 0.0451 e. The molecule has 1 unspecified atom stereocenters. The minimum Gasteiger partial charge on any atom is -0.303 e. The third-order valence-electron chi connectivity index (χ3n) is 7.71. The summed E-state index contributed by atoms with van der Waals surface area (Å²) in [6.07, 6.45) is 19.0. The van der Waals surface area contributed by atoms with E-state index in [1.54, 1.807) is 35.9 Å². The average molecular weight is 452 g/mol. The highest BCUT2D eigenvalue weighted by Crippen LogP contribution is 2.36. The van der Waals surface area contributed by atoms with Crippen LogP contribution in [0.1, 0.15) is 56.1 Å². The Balaban J connectivity index is 0.000000351. The van der Waals surface area contributed by atoms with Crippen molar-refractivity contribution in [1.29, 1.82) is 0 Å². The normalized spacial score (nSPS) is 18.3. The van der Waals surface area contributed by atoms with Crippen LogP contribution < -0.4 is 0 Å². The highest BCUT2D eigenvalue weighted by atomic mass is 15.1. The molecule has 3 aromatic carbocycles. The van der Waals surface area contributed by atoms with Gasteiger partial charge in [0.1, 0.15) is 0 Å². The molecule has 1 saturated heterocycles. The van der Waals surface area contributed by atoms with Gasteiger partial charge in [-0.25, -0.2) is 0 Å². The summed E-state index contributed by atoms with van der Waals surface area (Å²) >= 11 is 0. The van der Waals surface area contributed by atoms with Crippen molar-refractivity contribution in [3.8, 4) is 0 Å². The van der Waals surface area contributed by atoms with Crippen LogP contribution in [-0.4, -0.2) is 34.5 Å². The molecular formula is C31H37N3. The predicted molar refractivity (Wildman–Crippen MR) is 143 cm³/mol. The third-order valence-corrected chi connectivity index (χ3v) is 7.71. The van der Waals surface area contributed by atoms with Crippen molar-refractivity contribution in [3.05, 3.63) is 84.4 Å². The number of benzene rings is 3. The molecule has 3 heteroatoms. The molecule has 0 saturated carbocycles. The zero-order valence-corrected chi connectivity index (χ0v) is 20.3. The number of hydrogen-bond donors (Lipinski definition) is 0. The Hall–Kier alpha value is -2.78. The lowest BCUT2D eigenvalue weighted by Gasteiger charge is -2.28. The number of nitrogens with zero attached hydrogens (tertiary/aromatic N) is 3. The second-order valence-corrected chi connectivity index (χ2v) is 9.99. The Bertz CT molecular complexity index is 1150. The minimum atomic E-state index is 0.895. The fourth-order valence-corrected chi connectivity index (χ4v) is 5.89. The van der Waals surface area contributed by atoms with Gasteiger partial charge in [0, 0.05) is 24.8 Å². The van der Waals surface area contributed by atoms with Gasteiger partial charge in [-0.2, -0.15) is 0 Å². The molecule has 34 heavy (non-hydrogen) atoms. The summed E-state index contributed by atoms with van der Waals surface area (Å²) in [4.78, 5) is 10.1. The van der Waals surface area contributed by atoms with E-state index in [0.717, 1.165) is 5.92 Å². The van der Waals surface area contributed by atoms with Crippen LogP contribution in [-0.2, 0) is 12.8 Å². The maximum atomic E-state index is 3.72. The van der Waals surface area contributed by atoms with Gasteiger partial charge >= 0.3 is 0 Å². The standard InChI is InChI=1S/C27H33N.C4H4N2/c1-5-17-28(18-6-1)19-7-4-8-21-11-14-25-23(20-21)13-16-26-24-10-3-2-9-22(24)12-15-27(25)26;1-2-6-4-3-5-1/h2-3,9-10,12-13,15-16,21H,1,4-8,11,14,17-20H2;1-4H. The third kappa shape index (κ3) is 5.64. The second-order valence-electron chi connectivity index (χ2n) is 9.99. The molecule has 2 heterocycles. The highest BCUT2D eigenvalue weighted by Gasteiger charge is 2.20. The highest BCUT2D eigenvalue weighted by molar-refractivity contribution is 6.08. The largest absolute Gasteiger partial charge is 0.303 e. The van der Waals surface area contributed by atoms with Crippen molar-refractivity contribution in [3.63, 3.8) is 0 Å². The fraction of sp³-hybridized carbons (Fsp3) is 0.419. The molecule has 1 aromatic heterocycles. The molecule has 0 radical (unpaired) electrons. The van der Waals surface area contributed by atoms with Gasteiger partial charge in [0.2, 0.25) is 0 Å². The van der Waals surface area contributed by atoms with Crippen LogP contribution in [0.3, 0.4) is 0 Å². The quantitative estimate of drug-likeness (QED) is 0.237. The van der Waals surface area contributed by atoms with Crippen molar-refractivity contribution in [2.75, 3.05) is 19.6 Å². The molecule has 1 aliphatic heterocycles. The van der Waals surface area contributed by atoms with Gasteiger partial charge in [-0.3, -0.25) is 9.97 Å². The molecule has 176 valence electrons. The molecule has 4 aromatic rings. The molecule has 1 atom stereocenters. The number of likely N-dealkylation sites (tertiary alicyclic amines) is 1. The van der Waals surface area contributed by atoms with E-state index in [-0.39, 0.29) is 0 Å². The number of piperidine rings is 1. The average Bonchev–Trinajstić information content (AvgIpc) is 2.92. The van der Waals surface area contributed by atoms with Crippen molar-refractivity contribution >= 4 is 21.5 Å². The summed E-state index contributed by atoms with van der Waals surface area (Å²) < 4.78 is 0. The van der Waals surface area contributed by atoms with Gasteiger partial charge in [-0.05, 0) is 96.7 Å². The molecule has 2 aliphatic rings. The number of hydrogen-bond acceptors (Lipinski definition) is 3. The Kier molecular flexibility index (Phi) is 7.82. The number of aromatic nitrogens is 2. The molecule has 0 spiro atoms. The Morgan fingerprint density at radius 1 is 0.735 bits per heavy atom. The monoisotopic (exact) mass is 451 g/mol. The predicted octanol–water partition coefficient (Wildman–Crippen LogP) is 7.23. The Morgan fingerprint density at radius 3 is 2.29 bits per heavy atom. The zero-order valence-electron chi connectivity index (χ0n) is 20.3. The van der Waals surface area contributed by atoms with Gasteiger partial charge in [-0.15, -0.1) is 0 Å². The Labute approximate surface area is 204 Å². The summed E-state index contributed by atoms with van der Waals surface area (Å²) in [6.45, 7) is 4.03. The van der Waals surface area contributed by atoms with Crippen molar-refractivity contribution < 1.29 is 0 Å². The first kappa shape index (κ1) is 23.0. The molecule has 1 aliphatic carbocycles. The summed E-state index contributed by atoms with van der Waals surface area (Å²) in [6, 6.07) is 18.3. The molecule has 1 fully saturated rings. The van der Waals surface area contributed by atoms with Crippen LogP contribution in [0.15, 0.2) is 73.3 Å². The van der Waals surface area contributed by atoms with Crippen molar-refractivity contribution in [1.82, 2.24) is 14.9 Å². The first-order chi connectivity index (χ1) is 16.9. The van der Waals surface area contributed by atoms with E-state index >= 15 is 0 Å². The van der Waals surface area contributed by atoms with E-state index in [4.69, 9.17) is 0 Å². The summed E-state index contributed by atoms with van der Waals surface area (Å²) in [5.74, 6) is 0.895. The number of unbranched alkanes of at least 4 members (excludes halogenated alkanes) is 1. The molecule has 0 amide bonds.